The molecule has 0 saturated carbocycles. The molecule has 0 unspecified atom stereocenters. The zero-order valence-electron chi connectivity index (χ0n) is 11.2. The van der Waals surface area contributed by atoms with Crippen LogP contribution in [0.5, 0.6) is 5.75 Å². The molecule has 0 aliphatic rings. The van der Waals surface area contributed by atoms with Crippen molar-refractivity contribution in [2.24, 2.45) is 5.10 Å². The maximum absolute atomic E-state index is 11.8. The van der Waals surface area contributed by atoms with Crippen molar-refractivity contribution in [2.45, 2.75) is 13.0 Å². The molecule has 4 nitrogen and oxygen atoms in total. The Kier molecular flexibility index (Phi) is 4.89. The molecule has 2 aromatic rings. The SMILES string of the molecule is C[C@@H](Oc1ccccc1)C(=O)N/N=C\c1ccccc1. The number of rotatable bonds is 5. The quantitative estimate of drug-likeness (QED) is 0.669. The van der Waals surface area contributed by atoms with E-state index in [-0.39, 0.29) is 5.91 Å². The fraction of sp³-hybridized carbons (Fsp3) is 0.125. The third-order valence-electron chi connectivity index (χ3n) is 2.61. The number of nitrogens with zero attached hydrogens (tertiary/aromatic N) is 1. The third-order valence-corrected chi connectivity index (χ3v) is 2.61. The van der Waals surface area contributed by atoms with Crippen molar-refractivity contribution >= 4 is 12.1 Å². The van der Waals surface area contributed by atoms with E-state index in [1.54, 1.807) is 25.3 Å². The first-order valence-corrected chi connectivity index (χ1v) is 6.35. The van der Waals surface area contributed by atoms with E-state index in [0.717, 1.165) is 5.56 Å². The summed E-state index contributed by atoms with van der Waals surface area (Å²) in [7, 11) is 0. The van der Waals surface area contributed by atoms with E-state index >= 15 is 0 Å². The van der Waals surface area contributed by atoms with Gasteiger partial charge in [0.25, 0.3) is 5.91 Å². The highest BCUT2D eigenvalue weighted by Crippen LogP contribution is 2.10. The molecule has 1 atom stereocenters. The molecular formula is C16H16N2O2. The lowest BCUT2D eigenvalue weighted by atomic mass is 10.2. The van der Waals surface area contributed by atoms with Crippen LogP contribution >= 0.6 is 0 Å². The molecule has 0 radical (unpaired) electrons. The summed E-state index contributed by atoms with van der Waals surface area (Å²) in [6, 6.07) is 18.7. The highest BCUT2D eigenvalue weighted by Gasteiger charge is 2.13. The van der Waals surface area contributed by atoms with E-state index < -0.39 is 6.10 Å². The minimum absolute atomic E-state index is 0.291. The zero-order valence-corrected chi connectivity index (χ0v) is 11.2. The van der Waals surface area contributed by atoms with Gasteiger partial charge in [-0.05, 0) is 24.6 Å². The van der Waals surface area contributed by atoms with Gasteiger partial charge in [0.05, 0.1) is 6.21 Å². The third kappa shape index (κ3) is 4.24. The Labute approximate surface area is 118 Å². The lowest BCUT2D eigenvalue weighted by Gasteiger charge is -2.12. The van der Waals surface area contributed by atoms with E-state index in [9.17, 15) is 4.79 Å². The molecular weight excluding hydrogens is 252 g/mol. The van der Waals surface area contributed by atoms with Gasteiger partial charge in [-0.1, -0.05) is 48.5 Å². The predicted octanol–water partition coefficient (Wildman–Crippen LogP) is 2.60. The number of hydrazone groups is 1. The summed E-state index contributed by atoms with van der Waals surface area (Å²) < 4.78 is 5.49. The van der Waals surface area contributed by atoms with Crippen LogP contribution in [-0.4, -0.2) is 18.2 Å². The number of amides is 1. The van der Waals surface area contributed by atoms with E-state index in [0.29, 0.717) is 5.75 Å². The molecule has 0 aliphatic carbocycles. The monoisotopic (exact) mass is 268 g/mol. The van der Waals surface area contributed by atoms with Crippen LogP contribution in [0.15, 0.2) is 65.8 Å². The summed E-state index contributed by atoms with van der Waals surface area (Å²) in [5, 5.41) is 3.90. The molecule has 102 valence electrons. The van der Waals surface area contributed by atoms with E-state index in [2.05, 4.69) is 10.5 Å². The van der Waals surface area contributed by atoms with E-state index in [1.165, 1.54) is 0 Å². The van der Waals surface area contributed by atoms with Crippen LogP contribution in [0, 0.1) is 0 Å². The van der Waals surface area contributed by atoms with Gasteiger partial charge in [0, 0.05) is 0 Å². The second-order valence-corrected chi connectivity index (χ2v) is 4.22. The minimum atomic E-state index is -0.606. The van der Waals surface area contributed by atoms with Gasteiger partial charge in [-0.3, -0.25) is 4.79 Å². The Morgan fingerprint density at radius 2 is 1.70 bits per heavy atom. The Balaban J connectivity index is 1.84. The second kappa shape index (κ2) is 7.09. The number of para-hydroxylation sites is 1. The highest BCUT2D eigenvalue weighted by molar-refractivity contribution is 5.84. The standard InChI is InChI=1S/C16H16N2O2/c1-13(20-15-10-6-3-7-11-15)16(19)18-17-12-14-8-4-2-5-9-14/h2-13H,1H3,(H,18,19)/b17-12-/t13-/m1/s1. The number of ether oxygens (including phenoxy) is 1. The first kappa shape index (κ1) is 13.8. The zero-order chi connectivity index (χ0) is 14.2. The lowest BCUT2D eigenvalue weighted by molar-refractivity contribution is -0.127. The highest BCUT2D eigenvalue weighted by atomic mass is 16.5. The van der Waals surface area contributed by atoms with Crippen LogP contribution < -0.4 is 10.2 Å². The number of nitrogens with one attached hydrogen (secondary N) is 1. The average molecular weight is 268 g/mol. The van der Waals surface area contributed by atoms with Gasteiger partial charge in [0.15, 0.2) is 6.10 Å². The molecule has 0 aliphatic heterocycles. The minimum Gasteiger partial charge on any atom is -0.481 e. The van der Waals surface area contributed by atoms with Crippen LogP contribution in [0.25, 0.3) is 0 Å². The first-order valence-electron chi connectivity index (χ1n) is 6.35. The fourth-order valence-corrected chi connectivity index (χ4v) is 1.56. The lowest BCUT2D eigenvalue weighted by Crippen LogP contribution is -2.33. The molecule has 1 amide bonds. The van der Waals surface area contributed by atoms with Crippen molar-refractivity contribution in [1.82, 2.24) is 5.43 Å². The normalized spacial score (nSPS) is 12.1. The Bertz CT molecular complexity index is 568. The molecule has 1 N–H and O–H groups in total. The van der Waals surface area contributed by atoms with Gasteiger partial charge in [0.2, 0.25) is 0 Å². The van der Waals surface area contributed by atoms with Crippen molar-refractivity contribution < 1.29 is 9.53 Å². The Morgan fingerprint density at radius 1 is 1.10 bits per heavy atom. The van der Waals surface area contributed by atoms with Crippen LogP contribution in [0.3, 0.4) is 0 Å². The molecule has 0 saturated heterocycles. The van der Waals surface area contributed by atoms with Gasteiger partial charge in [0.1, 0.15) is 5.75 Å². The van der Waals surface area contributed by atoms with Crippen molar-refractivity contribution in [3.8, 4) is 5.75 Å². The summed E-state index contributed by atoms with van der Waals surface area (Å²) in [6.45, 7) is 1.68. The van der Waals surface area contributed by atoms with Crippen LogP contribution in [0.2, 0.25) is 0 Å². The molecule has 0 spiro atoms. The smallest absolute Gasteiger partial charge is 0.280 e. The fourth-order valence-electron chi connectivity index (χ4n) is 1.56. The van der Waals surface area contributed by atoms with Gasteiger partial charge >= 0.3 is 0 Å². The van der Waals surface area contributed by atoms with Gasteiger partial charge in [-0.25, -0.2) is 5.43 Å². The summed E-state index contributed by atoms with van der Waals surface area (Å²) in [5.41, 5.74) is 3.38. The summed E-state index contributed by atoms with van der Waals surface area (Å²) in [6.07, 6.45) is 0.984. The summed E-state index contributed by atoms with van der Waals surface area (Å²) >= 11 is 0. The Morgan fingerprint density at radius 3 is 2.35 bits per heavy atom. The van der Waals surface area contributed by atoms with Crippen LogP contribution in [0.1, 0.15) is 12.5 Å². The second-order valence-electron chi connectivity index (χ2n) is 4.22. The molecule has 0 aromatic heterocycles. The number of benzene rings is 2. The van der Waals surface area contributed by atoms with Crippen LogP contribution in [0.4, 0.5) is 0 Å². The number of carbonyl (C=O) groups excluding carboxylic acids is 1. The molecule has 2 aromatic carbocycles. The molecule has 2 rings (SSSR count). The molecule has 4 heteroatoms. The maximum Gasteiger partial charge on any atom is 0.280 e. The average Bonchev–Trinajstić information content (AvgIpc) is 2.49. The number of hydrogen-bond acceptors (Lipinski definition) is 3. The molecule has 0 bridgehead atoms. The van der Waals surface area contributed by atoms with Crippen molar-refractivity contribution in [1.29, 1.82) is 0 Å². The van der Waals surface area contributed by atoms with Crippen molar-refractivity contribution in [3.05, 3.63) is 66.2 Å². The van der Waals surface area contributed by atoms with Crippen LogP contribution in [-0.2, 0) is 4.79 Å². The molecule has 0 fully saturated rings. The topological polar surface area (TPSA) is 50.7 Å². The van der Waals surface area contributed by atoms with Crippen molar-refractivity contribution in [3.63, 3.8) is 0 Å². The van der Waals surface area contributed by atoms with E-state index in [4.69, 9.17) is 4.74 Å². The van der Waals surface area contributed by atoms with E-state index in [1.807, 2.05) is 48.5 Å². The van der Waals surface area contributed by atoms with Gasteiger partial charge in [-0.2, -0.15) is 5.10 Å². The number of hydrogen-bond donors (Lipinski definition) is 1. The van der Waals surface area contributed by atoms with Gasteiger partial charge in [-0.15, -0.1) is 0 Å². The predicted molar refractivity (Wildman–Crippen MR) is 78.7 cm³/mol. The Hall–Kier alpha value is -2.62. The van der Waals surface area contributed by atoms with Gasteiger partial charge < -0.3 is 4.74 Å². The molecule has 0 heterocycles. The first-order chi connectivity index (χ1) is 9.75. The molecule has 20 heavy (non-hydrogen) atoms. The summed E-state index contributed by atoms with van der Waals surface area (Å²) in [5.74, 6) is 0.364. The number of carbonyl (C=O) groups is 1. The summed E-state index contributed by atoms with van der Waals surface area (Å²) in [4.78, 5) is 11.8. The largest absolute Gasteiger partial charge is 0.481 e. The van der Waals surface area contributed by atoms with Crippen molar-refractivity contribution in [2.75, 3.05) is 0 Å². The maximum atomic E-state index is 11.8.